The summed E-state index contributed by atoms with van der Waals surface area (Å²) in [5.74, 6) is -0.954. The molecule has 144 valence electrons. The SMILES string of the molecule is CCOC(=O)C1=C(C)N=C2CCCC(=O)C2C1c1ccc(O)c(OCC)c1. The van der Waals surface area contributed by atoms with Crippen LogP contribution in [0, 0.1) is 5.92 Å². The van der Waals surface area contributed by atoms with Gasteiger partial charge in [-0.15, -0.1) is 0 Å². The highest BCUT2D eigenvalue weighted by Gasteiger charge is 2.43. The van der Waals surface area contributed by atoms with Crippen LogP contribution in [-0.2, 0) is 14.3 Å². The lowest BCUT2D eigenvalue weighted by molar-refractivity contribution is -0.139. The first-order valence-corrected chi connectivity index (χ1v) is 9.41. The van der Waals surface area contributed by atoms with Crippen molar-refractivity contribution in [1.82, 2.24) is 0 Å². The second-order valence-corrected chi connectivity index (χ2v) is 6.76. The second kappa shape index (κ2) is 7.94. The zero-order chi connectivity index (χ0) is 19.6. The largest absolute Gasteiger partial charge is 0.504 e. The molecule has 6 nitrogen and oxygen atoms in total. The number of phenolic OH excluding ortho intramolecular Hbond substituents is 1. The first kappa shape index (κ1) is 19.1. The molecule has 0 radical (unpaired) electrons. The quantitative estimate of drug-likeness (QED) is 0.800. The highest BCUT2D eigenvalue weighted by Crippen LogP contribution is 2.44. The van der Waals surface area contributed by atoms with Gasteiger partial charge < -0.3 is 14.6 Å². The number of Topliss-reactive ketones (excluding diaryl/α,β-unsaturated/α-hetero) is 1. The number of hydrogen-bond acceptors (Lipinski definition) is 6. The first-order chi connectivity index (χ1) is 13.0. The Balaban J connectivity index is 2.15. The number of benzene rings is 1. The summed E-state index contributed by atoms with van der Waals surface area (Å²) >= 11 is 0. The smallest absolute Gasteiger partial charge is 0.336 e. The molecule has 1 N–H and O–H groups in total. The normalized spacial score (nSPS) is 22.2. The Morgan fingerprint density at radius 3 is 2.70 bits per heavy atom. The minimum atomic E-state index is -0.482. The van der Waals surface area contributed by atoms with Crippen molar-refractivity contribution in [2.24, 2.45) is 10.9 Å². The molecule has 0 aromatic heterocycles. The zero-order valence-corrected chi connectivity index (χ0v) is 15.9. The molecule has 1 aromatic carbocycles. The molecular weight excluding hydrogens is 346 g/mol. The van der Waals surface area contributed by atoms with Gasteiger partial charge in [0.25, 0.3) is 0 Å². The van der Waals surface area contributed by atoms with Crippen molar-refractivity contribution < 1.29 is 24.2 Å². The lowest BCUT2D eigenvalue weighted by atomic mass is 9.69. The monoisotopic (exact) mass is 371 g/mol. The van der Waals surface area contributed by atoms with Crippen molar-refractivity contribution in [2.45, 2.75) is 46.0 Å². The number of allylic oxidation sites excluding steroid dienone is 1. The molecule has 2 unspecified atom stereocenters. The van der Waals surface area contributed by atoms with Crippen molar-refractivity contribution in [1.29, 1.82) is 0 Å². The minimum Gasteiger partial charge on any atom is -0.504 e. The van der Waals surface area contributed by atoms with E-state index in [-0.39, 0.29) is 18.1 Å². The highest BCUT2D eigenvalue weighted by atomic mass is 16.5. The van der Waals surface area contributed by atoms with E-state index in [2.05, 4.69) is 4.99 Å². The van der Waals surface area contributed by atoms with Crippen LogP contribution in [0.25, 0.3) is 0 Å². The van der Waals surface area contributed by atoms with Crippen molar-refractivity contribution in [2.75, 3.05) is 13.2 Å². The van der Waals surface area contributed by atoms with Crippen LogP contribution >= 0.6 is 0 Å². The predicted octanol–water partition coefficient (Wildman–Crippen LogP) is 3.54. The minimum absolute atomic E-state index is 0.0265. The Labute approximate surface area is 158 Å². The van der Waals surface area contributed by atoms with E-state index in [1.54, 1.807) is 26.0 Å². The molecule has 0 spiro atoms. The Morgan fingerprint density at radius 2 is 2.00 bits per heavy atom. The van der Waals surface area contributed by atoms with Gasteiger partial charge in [0.05, 0.1) is 24.7 Å². The number of carbonyl (C=O) groups excluding carboxylic acids is 2. The Kier molecular flexibility index (Phi) is 5.63. The average molecular weight is 371 g/mol. The lowest BCUT2D eigenvalue weighted by Gasteiger charge is -2.35. The van der Waals surface area contributed by atoms with E-state index in [0.717, 1.165) is 24.1 Å². The van der Waals surface area contributed by atoms with Gasteiger partial charge in [-0.25, -0.2) is 4.79 Å². The number of ketones is 1. The van der Waals surface area contributed by atoms with Gasteiger partial charge in [-0.2, -0.15) is 0 Å². The molecule has 0 saturated heterocycles. The summed E-state index contributed by atoms with van der Waals surface area (Å²) < 4.78 is 10.8. The number of carbonyl (C=O) groups is 2. The molecule has 1 saturated carbocycles. The van der Waals surface area contributed by atoms with Crippen LogP contribution in [0.3, 0.4) is 0 Å². The molecule has 3 rings (SSSR count). The van der Waals surface area contributed by atoms with Crippen LogP contribution in [0.2, 0.25) is 0 Å². The third-order valence-corrected chi connectivity index (χ3v) is 5.05. The third kappa shape index (κ3) is 3.61. The lowest BCUT2D eigenvalue weighted by Crippen LogP contribution is -2.39. The Hall–Kier alpha value is -2.63. The fraction of sp³-hybridized carbons (Fsp3) is 0.476. The van der Waals surface area contributed by atoms with Crippen LogP contribution in [-0.4, -0.2) is 35.8 Å². The molecule has 2 aliphatic rings. The van der Waals surface area contributed by atoms with Gasteiger partial charge in [-0.1, -0.05) is 6.07 Å². The average Bonchev–Trinajstić information content (AvgIpc) is 2.63. The van der Waals surface area contributed by atoms with Gasteiger partial charge >= 0.3 is 5.97 Å². The molecule has 1 aromatic rings. The number of hydrogen-bond donors (Lipinski definition) is 1. The number of phenols is 1. The second-order valence-electron chi connectivity index (χ2n) is 6.76. The van der Waals surface area contributed by atoms with Gasteiger partial charge in [0.1, 0.15) is 5.78 Å². The van der Waals surface area contributed by atoms with Crippen LogP contribution < -0.4 is 4.74 Å². The summed E-state index contributed by atoms with van der Waals surface area (Å²) in [6.45, 7) is 6.01. The summed E-state index contributed by atoms with van der Waals surface area (Å²) in [5.41, 5.74) is 2.57. The highest BCUT2D eigenvalue weighted by molar-refractivity contribution is 6.11. The molecule has 6 heteroatoms. The summed E-state index contributed by atoms with van der Waals surface area (Å²) in [4.78, 5) is 30.1. The summed E-state index contributed by atoms with van der Waals surface area (Å²) in [6.07, 6.45) is 2.01. The van der Waals surface area contributed by atoms with E-state index in [1.807, 2.05) is 6.92 Å². The number of nitrogens with zero attached hydrogens (tertiary/aromatic N) is 1. The molecule has 0 bridgehead atoms. The van der Waals surface area contributed by atoms with Crippen molar-refractivity contribution >= 4 is 17.5 Å². The summed E-state index contributed by atoms with van der Waals surface area (Å²) in [6, 6.07) is 4.98. The fourth-order valence-corrected chi connectivity index (χ4v) is 3.95. The van der Waals surface area contributed by atoms with E-state index >= 15 is 0 Å². The maximum atomic E-state index is 12.8. The van der Waals surface area contributed by atoms with Crippen LogP contribution in [0.4, 0.5) is 0 Å². The van der Waals surface area contributed by atoms with Crippen LogP contribution in [0.1, 0.15) is 51.5 Å². The third-order valence-electron chi connectivity index (χ3n) is 5.05. The van der Waals surface area contributed by atoms with Gasteiger partial charge in [0.2, 0.25) is 0 Å². The number of aliphatic imine (C=N–C) groups is 1. The van der Waals surface area contributed by atoms with E-state index in [9.17, 15) is 14.7 Å². The maximum Gasteiger partial charge on any atom is 0.336 e. The van der Waals surface area contributed by atoms with Crippen molar-refractivity contribution in [3.8, 4) is 11.5 Å². The van der Waals surface area contributed by atoms with E-state index in [4.69, 9.17) is 9.47 Å². The number of rotatable bonds is 5. The van der Waals surface area contributed by atoms with Gasteiger partial charge in [-0.05, 0) is 51.3 Å². The van der Waals surface area contributed by atoms with E-state index in [1.165, 1.54) is 6.07 Å². The van der Waals surface area contributed by atoms with E-state index < -0.39 is 17.8 Å². The first-order valence-electron chi connectivity index (χ1n) is 9.41. The maximum absolute atomic E-state index is 12.8. The topological polar surface area (TPSA) is 85.2 Å². The van der Waals surface area contributed by atoms with Crippen LogP contribution in [0.15, 0.2) is 34.5 Å². The fourth-order valence-electron chi connectivity index (χ4n) is 3.95. The Morgan fingerprint density at radius 1 is 1.22 bits per heavy atom. The number of ether oxygens (including phenoxy) is 2. The standard InChI is InChI=1S/C21H25NO5/c1-4-26-17-11-13(9-10-15(17)23)19-18(21(25)27-5-2)12(3)22-14-7-6-8-16(24)20(14)19/h9-11,19-20,23H,4-8H2,1-3H3. The van der Waals surface area contributed by atoms with E-state index in [0.29, 0.717) is 30.0 Å². The zero-order valence-electron chi connectivity index (χ0n) is 15.9. The molecule has 2 atom stereocenters. The van der Waals surface area contributed by atoms with Crippen molar-refractivity contribution in [3.63, 3.8) is 0 Å². The molecule has 1 aliphatic heterocycles. The molecule has 27 heavy (non-hydrogen) atoms. The molecule has 0 amide bonds. The number of esters is 1. The Bertz CT molecular complexity index is 824. The van der Waals surface area contributed by atoms with Crippen LogP contribution in [0.5, 0.6) is 11.5 Å². The van der Waals surface area contributed by atoms with Crippen molar-refractivity contribution in [3.05, 3.63) is 35.0 Å². The summed E-state index contributed by atoms with van der Waals surface area (Å²) in [5, 5.41) is 10.0. The molecular formula is C21H25NO5. The summed E-state index contributed by atoms with van der Waals surface area (Å²) in [7, 11) is 0. The predicted molar refractivity (Wildman–Crippen MR) is 101 cm³/mol. The molecule has 1 heterocycles. The molecule has 1 fully saturated rings. The van der Waals surface area contributed by atoms with Gasteiger partial charge in [0, 0.05) is 23.7 Å². The van der Waals surface area contributed by atoms with Gasteiger partial charge in [-0.3, -0.25) is 9.79 Å². The molecule has 1 aliphatic carbocycles. The number of aromatic hydroxyl groups is 1. The number of fused-ring (bicyclic) bond motifs is 1. The van der Waals surface area contributed by atoms with Gasteiger partial charge in [0.15, 0.2) is 11.5 Å².